The fourth-order valence-corrected chi connectivity index (χ4v) is 2.85. The van der Waals surface area contributed by atoms with Crippen molar-refractivity contribution in [2.24, 2.45) is 5.92 Å². The summed E-state index contributed by atoms with van der Waals surface area (Å²) in [5.41, 5.74) is 2.68. The maximum absolute atomic E-state index is 12.4. The Hall–Kier alpha value is -3.35. The third-order valence-electron chi connectivity index (χ3n) is 3.93. The summed E-state index contributed by atoms with van der Waals surface area (Å²) in [7, 11) is 0. The predicted octanol–water partition coefficient (Wildman–Crippen LogP) is 4.01. The van der Waals surface area contributed by atoms with E-state index in [0.29, 0.717) is 21.3 Å². The molecule has 0 aliphatic carbocycles. The molecule has 8 nitrogen and oxygen atoms in total. The van der Waals surface area contributed by atoms with Crippen molar-refractivity contribution in [1.29, 1.82) is 5.26 Å². The summed E-state index contributed by atoms with van der Waals surface area (Å²) < 4.78 is 6.18. The fraction of sp³-hybridized carbons (Fsp3) is 0.150. The standard InChI is InChI=1S/C20H18BrN3O5/c1-12(2-9-18(26)24-28)19(16-10-14(21)5-8-17(16)25)29-20(27)23-15-6-3-13(11-22)4-7-15/h2-10,12,19,25,28H,1H3,(H,23,27)(H,24,26)/b9-2+/t12-,19+/m1/s1. The van der Waals surface area contributed by atoms with Gasteiger partial charge in [-0.2, -0.15) is 5.26 Å². The molecule has 4 N–H and O–H groups in total. The highest BCUT2D eigenvalue weighted by atomic mass is 79.9. The number of phenols is 1. The molecule has 0 saturated carbocycles. The number of hydrogen-bond acceptors (Lipinski definition) is 6. The van der Waals surface area contributed by atoms with Crippen LogP contribution in [0.3, 0.4) is 0 Å². The Balaban J connectivity index is 2.25. The highest BCUT2D eigenvalue weighted by Gasteiger charge is 2.25. The topological polar surface area (TPSA) is 132 Å². The van der Waals surface area contributed by atoms with Crippen LogP contribution in [0.5, 0.6) is 5.75 Å². The third kappa shape index (κ3) is 6.34. The van der Waals surface area contributed by atoms with Crippen LogP contribution in [-0.4, -0.2) is 22.3 Å². The van der Waals surface area contributed by atoms with Crippen LogP contribution in [0.25, 0.3) is 0 Å². The molecule has 9 heteroatoms. The lowest BCUT2D eigenvalue weighted by atomic mass is 9.96. The van der Waals surface area contributed by atoms with Gasteiger partial charge in [-0.1, -0.05) is 28.9 Å². The Morgan fingerprint density at radius 3 is 2.55 bits per heavy atom. The number of hydrogen-bond donors (Lipinski definition) is 4. The molecule has 0 radical (unpaired) electrons. The van der Waals surface area contributed by atoms with Crippen LogP contribution in [0, 0.1) is 17.2 Å². The highest BCUT2D eigenvalue weighted by Crippen LogP contribution is 2.35. The van der Waals surface area contributed by atoms with Crippen molar-refractivity contribution in [3.8, 4) is 11.8 Å². The number of aromatic hydroxyl groups is 1. The maximum atomic E-state index is 12.4. The zero-order chi connectivity index (χ0) is 21.4. The molecule has 0 saturated heterocycles. The number of carbonyl (C=O) groups is 2. The molecule has 2 rings (SSSR count). The molecule has 0 bridgehead atoms. The first-order valence-corrected chi connectivity index (χ1v) is 9.21. The van der Waals surface area contributed by atoms with Gasteiger partial charge in [0.05, 0.1) is 11.6 Å². The number of rotatable bonds is 6. The molecule has 2 aromatic carbocycles. The minimum atomic E-state index is -0.936. The van der Waals surface area contributed by atoms with E-state index in [0.717, 1.165) is 6.08 Å². The van der Waals surface area contributed by atoms with Gasteiger partial charge in [0, 0.05) is 27.7 Å². The number of amides is 2. The molecule has 29 heavy (non-hydrogen) atoms. The van der Waals surface area contributed by atoms with E-state index in [1.807, 2.05) is 6.07 Å². The molecule has 0 unspecified atom stereocenters. The molecular formula is C20H18BrN3O5. The Labute approximate surface area is 175 Å². The second kappa shape index (κ2) is 10.3. The first-order chi connectivity index (χ1) is 13.8. The van der Waals surface area contributed by atoms with Crippen molar-refractivity contribution in [2.75, 3.05) is 5.32 Å². The summed E-state index contributed by atoms with van der Waals surface area (Å²) in [6.07, 6.45) is 0.805. The van der Waals surface area contributed by atoms with Crippen molar-refractivity contribution in [2.45, 2.75) is 13.0 Å². The van der Waals surface area contributed by atoms with Crippen LogP contribution < -0.4 is 10.8 Å². The largest absolute Gasteiger partial charge is 0.508 e. The minimum absolute atomic E-state index is 0.0868. The first-order valence-electron chi connectivity index (χ1n) is 8.42. The molecular weight excluding hydrogens is 442 g/mol. The van der Waals surface area contributed by atoms with E-state index in [1.54, 1.807) is 43.3 Å². The number of nitrogens with one attached hydrogen (secondary N) is 2. The molecule has 0 aliphatic rings. The van der Waals surface area contributed by atoms with E-state index in [4.69, 9.17) is 15.2 Å². The first kappa shape index (κ1) is 21.9. The Morgan fingerprint density at radius 2 is 1.93 bits per heavy atom. The van der Waals surface area contributed by atoms with Gasteiger partial charge in [0.15, 0.2) is 0 Å². The predicted molar refractivity (Wildman–Crippen MR) is 108 cm³/mol. The number of nitrogens with zero attached hydrogens (tertiary/aromatic N) is 1. The lowest BCUT2D eigenvalue weighted by molar-refractivity contribution is -0.124. The van der Waals surface area contributed by atoms with Gasteiger partial charge in [0.1, 0.15) is 11.9 Å². The molecule has 2 aromatic rings. The SMILES string of the molecule is C[C@H](/C=C/C(=O)NO)[C@H](OC(=O)Nc1ccc(C#N)cc1)c1cc(Br)ccc1O. The van der Waals surface area contributed by atoms with Crippen molar-refractivity contribution in [3.63, 3.8) is 0 Å². The van der Waals surface area contributed by atoms with Gasteiger partial charge in [0.25, 0.3) is 5.91 Å². The Morgan fingerprint density at radius 1 is 1.24 bits per heavy atom. The van der Waals surface area contributed by atoms with Gasteiger partial charge in [-0.25, -0.2) is 10.3 Å². The average molecular weight is 460 g/mol. The summed E-state index contributed by atoms with van der Waals surface area (Å²) in [4.78, 5) is 23.7. The molecule has 0 aromatic heterocycles. The smallest absolute Gasteiger partial charge is 0.412 e. The number of halogens is 1. The molecule has 0 heterocycles. The normalized spacial score (nSPS) is 12.6. The molecule has 0 fully saturated rings. The van der Waals surface area contributed by atoms with Crippen LogP contribution >= 0.6 is 15.9 Å². The van der Waals surface area contributed by atoms with Crippen molar-refractivity contribution in [3.05, 3.63) is 70.2 Å². The minimum Gasteiger partial charge on any atom is -0.508 e. The van der Waals surface area contributed by atoms with E-state index >= 15 is 0 Å². The van der Waals surface area contributed by atoms with E-state index < -0.39 is 24.0 Å². The zero-order valence-electron chi connectivity index (χ0n) is 15.3. The monoisotopic (exact) mass is 459 g/mol. The van der Waals surface area contributed by atoms with Crippen LogP contribution in [0.2, 0.25) is 0 Å². The average Bonchev–Trinajstić information content (AvgIpc) is 2.72. The summed E-state index contributed by atoms with van der Waals surface area (Å²) in [5.74, 6) is -1.36. The molecule has 150 valence electrons. The second-order valence-electron chi connectivity index (χ2n) is 6.04. The van der Waals surface area contributed by atoms with Crippen LogP contribution in [0.4, 0.5) is 10.5 Å². The number of benzene rings is 2. The lowest BCUT2D eigenvalue weighted by Gasteiger charge is -2.23. The van der Waals surface area contributed by atoms with Gasteiger partial charge < -0.3 is 9.84 Å². The van der Waals surface area contributed by atoms with Crippen LogP contribution in [-0.2, 0) is 9.53 Å². The van der Waals surface area contributed by atoms with E-state index in [-0.39, 0.29) is 5.75 Å². The van der Waals surface area contributed by atoms with Crippen LogP contribution in [0.15, 0.2) is 59.1 Å². The summed E-state index contributed by atoms with van der Waals surface area (Å²) in [6, 6.07) is 12.9. The summed E-state index contributed by atoms with van der Waals surface area (Å²) in [5, 5.41) is 30.2. The van der Waals surface area contributed by atoms with Gasteiger partial charge >= 0.3 is 6.09 Å². The summed E-state index contributed by atoms with van der Waals surface area (Å²) >= 11 is 3.31. The zero-order valence-corrected chi connectivity index (χ0v) is 16.9. The van der Waals surface area contributed by atoms with Crippen LogP contribution in [0.1, 0.15) is 24.2 Å². The molecule has 0 spiro atoms. The second-order valence-corrected chi connectivity index (χ2v) is 6.95. The number of anilines is 1. The van der Waals surface area contributed by atoms with Gasteiger partial charge in [-0.05, 0) is 42.5 Å². The number of carbonyl (C=O) groups excluding carboxylic acids is 2. The number of hydroxylamine groups is 1. The van der Waals surface area contributed by atoms with Crippen molar-refractivity contribution in [1.82, 2.24) is 5.48 Å². The van der Waals surface area contributed by atoms with Gasteiger partial charge in [-0.15, -0.1) is 0 Å². The maximum Gasteiger partial charge on any atom is 0.412 e. The van der Waals surface area contributed by atoms with E-state index in [2.05, 4.69) is 21.2 Å². The number of ether oxygens (including phenoxy) is 1. The van der Waals surface area contributed by atoms with Gasteiger partial charge in [-0.3, -0.25) is 15.3 Å². The molecule has 0 aliphatic heterocycles. The van der Waals surface area contributed by atoms with Crippen molar-refractivity contribution >= 4 is 33.6 Å². The Bertz CT molecular complexity index is 954. The van der Waals surface area contributed by atoms with E-state index in [9.17, 15) is 14.7 Å². The quantitative estimate of drug-likeness (QED) is 0.293. The van der Waals surface area contributed by atoms with E-state index in [1.165, 1.54) is 17.6 Å². The molecule has 2 atom stereocenters. The number of phenolic OH excluding ortho intramolecular Hbond substituents is 1. The summed E-state index contributed by atoms with van der Waals surface area (Å²) in [6.45, 7) is 1.68. The molecule has 2 amide bonds. The Kier molecular flexibility index (Phi) is 7.77. The third-order valence-corrected chi connectivity index (χ3v) is 4.42. The highest BCUT2D eigenvalue weighted by molar-refractivity contribution is 9.10. The van der Waals surface area contributed by atoms with Crippen molar-refractivity contribution < 1.29 is 24.6 Å². The fourth-order valence-electron chi connectivity index (χ4n) is 2.48. The lowest BCUT2D eigenvalue weighted by Crippen LogP contribution is -2.22. The number of nitriles is 1. The van der Waals surface area contributed by atoms with Gasteiger partial charge in [0.2, 0.25) is 0 Å².